The standard InChI is InChI=1S/C15H22N4O2S/c1-10(2)19-13(20)15(17-14(19)21)5-7-18(8-15)6-4-12-11(3)16-9-22-12/h9-10H,4-8H2,1-3H3,(H,17,21)/t15-/m1/s1. The number of amides is 3. The van der Waals surface area contributed by atoms with Gasteiger partial charge in [-0.25, -0.2) is 9.78 Å². The zero-order valence-corrected chi connectivity index (χ0v) is 14.1. The average Bonchev–Trinajstić information content (AvgIpc) is 3.09. The van der Waals surface area contributed by atoms with Gasteiger partial charge in [-0.3, -0.25) is 14.6 Å². The molecule has 120 valence electrons. The Labute approximate surface area is 134 Å². The van der Waals surface area contributed by atoms with Crippen LogP contribution in [0.25, 0.3) is 0 Å². The van der Waals surface area contributed by atoms with Crippen molar-refractivity contribution in [3.05, 3.63) is 16.1 Å². The van der Waals surface area contributed by atoms with Gasteiger partial charge in [0.25, 0.3) is 5.91 Å². The third-order valence-corrected chi connectivity index (χ3v) is 5.55. The predicted molar refractivity (Wildman–Crippen MR) is 84.9 cm³/mol. The highest BCUT2D eigenvalue weighted by Gasteiger charge is 2.54. The number of imide groups is 1. The van der Waals surface area contributed by atoms with Crippen LogP contribution in [0.1, 0.15) is 30.8 Å². The minimum atomic E-state index is -0.704. The molecule has 1 aromatic rings. The van der Waals surface area contributed by atoms with Crippen molar-refractivity contribution in [2.45, 2.75) is 45.2 Å². The molecule has 0 aromatic carbocycles. The van der Waals surface area contributed by atoms with Gasteiger partial charge in [0.1, 0.15) is 5.54 Å². The normalized spacial score (nSPS) is 25.7. The number of thiazole rings is 1. The summed E-state index contributed by atoms with van der Waals surface area (Å²) in [4.78, 5) is 33.9. The molecular weight excluding hydrogens is 300 g/mol. The minimum Gasteiger partial charge on any atom is -0.322 e. The predicted octanol–water partition coefficient (Wildman–Crippen LogP) is 1.40. The van der Waals surface area contributed by atoms with E-state index < -0.39 is 5.54 Å². The molecule has 22 heavy (non-hydrogen) atoms. The Kier molecular flexibility index (Phi) is 3.94. The first-order chi connectivity index (χ1) is 10.4. The van der Waals surface area contributed by atoms with Gasteiger partial charge >= 0.3 is 6.03 Å². The largest absolute Gasteiger partial charge is 0.325 e. The second kappa shape index (κ2) is 5.62. The van der Waals surface area contributed by atoms with Gasteiger partial charge in [-0.2, -0.15) is 0 Å². The average molecular weight is 322 g/mol. The van der Waals surface area contributed by atoms with Crippen molar-refractivity contribution in [2.24, 2.45) is 0 Å². The van der Waals surface area contributed by atoms with E-state index in [1.807, 2.05) is 26.3 Å². The SMILES string of the molecule is Cc1ncsc1CCN1CC[C@]2(C1)NC(=O)N(C(C)C)C2=O. The van der Waals surface area contributed by atoms with Crippen LogP contribution in [0.4, 0.5) is 4.79 Å². The number of nitrogens with one attached hydrogen (secondary N) is 1. The van der Waals surface area contributed by atoms with E-state index in [9.17, 15) is 9.59 Å². The highest BCUT2D eigenvalue weighted by molar-refractivity contribution is 7.09. The summed E-state index contributed by atoms with van der Waals surface area (Å²) in [6, 6.07) is -0.346. The Morgan fingerprint density at radius 1 is 1.45 bits per heavy atom. The lowest BCUT2D eigenvalue weighted by atomic mass is 9.98. The number of urea groups is 1. The second-order valence-electron chi connectivity index (χ2n) is 6.42. The van der Waals surface area contributed by atoms with E-state index in [-0.39, 0.29) is 18.0 Å². The highest BCUT2D eigenvalue weighted by atomic mass is 32.1. The number of hydrogen-bond donors (Lipinski definition) is 1. The van der Waals surface area contributed by atoms with Crippen LogP contribution in [0.3, 0.4) is 0 Å². The summed E-state index contributed by atoms with van der Waals surface area (Å²) in [5.41, 5.74) is 2.26. The number of hydrogen-bond acceptors (Lipinski definition) is 5. The van der Waals surface area contributed by atoms with Crippen LogP contribution >= 0.6 is 11.3 Å². The number of aromatic nitrogens is 1. The van der Waals surface area contributed by atoms with Gasteiger partial charge in [0.05, 0.1) is 11.2 Å². The molecule has 1 spiro atoms. The molecule has 0 radical (unpaired) electrons. The fourth-order valence-electron chi connectivity index (χ4n) is 3.29. The topological polar surface area (TPSA) is 65.5 Å². The van der Waals surface area contributed by atoms with E-state index in [0.717, 1.165) is 25.2 Å². The molecule has 1 aromatic heterocycles. The molecule has 7 heteroatoms. The summed E-state index contributed by atoms with van der Waals surface area (Å²) >= 11 is 1.68. The van der Waals surface area contributed by atoms with Crippen molar-refractivity contribution in [1.82, 2.24) is 20.1 Å². The molecule has 1 N–H and O–H groups in total. The summed E-state index contributed by atoms with van der Waals surface area (Å²) in [6.07, 6.45) is 1.64. The molecular formula is C15H22N4O2S. The molecule has 0 bridgehead atoms. The summed E-state index contributed by atoms with van der Waals surface area (Å²) in [6.45, 7) is 8.12. The molecule has 3 amide bonds. The number of carbonyl (C=O) groups is 2. The van der Waals surface area contributed by atoms with Gasteiger partial charge in [0.15, 0.2) is 0 Å². The van der Waals surface area contributed by atoms with E-state index in [2.05, 4.69) is 15.2 Å². The van der Waals surface area contributed by atoms with Gasteiger partial charge in [0, 0.05) is 30.6 Å². The van der Waals surface area contributed by atoms with Crippen molar-refractivity contribution < 1.29 is 9.59 Å². The van der Waals surface area contributed by atoms with Gasteiger partial charge < -0.3 is 5.32 Å². The van der Waals surface area contributed by atoms with E-state index in [0.29, 0.717) is 13.0 Å². The third kappa shape index (κ3) is 2.52. The summed E-state index contributed by atoms with van der Waals surface area (Å²) in [7, 11) is 0. The first-order valence-electron chi connectivity index (χ1n) is 7.70. The lowest BCUT2D eigenvalue weighted by Gasteiger charge is -2.23. The number of likely N-dealkylation sites (tertiary alicyclic amines) is 1. The van der Waals surface area contributed by atoms with Crippen molar-refractivity contribution >= 4 is 23.3 Å². The maximum absolute atomic E-state index is 12.6. The third-order valence-electron chi connectivity index (χ3n) is 4.56. The maximum Gasteiger partial charge on any atom is 0.325 e. The van der Waals surface area contributed by atoms with Gasteiger partial charge in [0.2, 0.25) is 0 Å². The number of carbonyl (C=O) groups excluding carboxylic acids is 2. The fraction of sp³-hybridized carbons (Fsp3) is 0.667. The van der Waals surface area contributed by atoms with Gasteiger partial charge in [-0.15, -0.1) is 11.3 Å². The van der Waals surface area contributed by atoms with Crippen LogP contribution in [-0.2, 0) is 11.2 Å². The van der Waals surface area contributed by atoms with Crippen molar-refractivity contribution in [3.63, 3.8) is 0 Å². The summed E-state index contributed by atoms with van der Waals surface area (Å²) in [5, 5.41) is 2.93. The Morgan fingerprint density at radius 2 is 2.23 bits per heavy atom. The number of aryl methyl sites for hydroxylation is 1. The quantitative estimate of drug-likeness (QED) is 0.851. The minimum absolute atomic E-state index is 0.0658. The summed E-state index contributed by atoms with van der Waals surface area (Å²) in [5.74, 6) is -0.0658. The molecule has 2 aliphatic heterocycles. The Hall–Kier alpha value is -1.47. The first kappa shape index (κ1) is 15.4. The molecule has 0 aliphatic carbocycles. The van der Waals surface area contributed by atoms with Gasteiger partial charge in [-0.05, 0) is 33.6 Å². The van der Waals surface area contributed by atoms with Crippen LogP contribution in [-0.4, -0.2) is 57.9 Å². The maximum atomic E-state index is 12.6. The van der Waals surface area contributed by atoms with Crippen LogP contribution < -0.4 is 5.32 Å². The van der Waals surface area contributed by atoms with E-state index in [1.54, 1.807) is 11.3 Å². The zero-order chi connectivity index (χ0) is 15.9. The van der Waals surface area contributed by atoms with Crippen molar-refractivity contribution in [1.29, 1.82) is 0 Å². The molecule has 0 unspecified atom stereocenters. The van der Waals surface area contributed by atoms with E-state index in [1.165, 1.54) is 9.78 Å². The fourth-order valence-corrected chi connectivity index (χ4v) is 4.06. The second-order valence-corrected chi connectivity index (χ2v) is 7.36. The summed E-state index contributed by atoms with van der Waals surface area (Å²) < 4.78 is 0. The molecule has 0 saturated carbocycles. The Morgan fingerprint density at radius 3 is 2.82 bits per heavy atom. The molecule has 3 heterocycles. The monoisotopic (exact) mass is 322 g/mol. The smallest absolute Gasteiger partial charge is 0.322 e. The molecule has 3 rings (SSSR count). The zero-order valence-electron chi connectivity index (χ0n) is 13.3. The number of nitrogens with zero attached hydrogens (tertiary/aromatic N) is 3. The molecule has 2 fully saturated rings. The Balaban J connectivity index is 1.64. The highest BCUT2D eigenvalue weighted by Crippen LogP contribution is 2.30. The Bertz CT molecular complexity index is 600. The molecule has 6 nitrogen and oxygen atoms in total. The van der Waals surface area contributed by atoms with Crippen LogP contribution in [0.5, 0.6) is 0 Å². The van der Waals surface area contributed by atoms with Crippen molar-refractivity contribution in [3.8, 4) is 0 Å². The van der Waals surface area contributed by atoms with Crippen LogP contribution in [0.15, 0.2) is 5.51 Å². The van der Waals surface area contributed by atoms with Crippen molar-refractivity contribution in [2.75, 3.05) is 19.6 Å². The molecule has 1 atom stereocenters. The molecule has 2 aliphatic rings. The van der Waals surface area contributed by atoms with Crippen LogP contribution in [0.2, 0.25) is 0 Å². The van der Waals surface area contributed by atoms with E-state index >= 15 is 0 Å². The lowest BCUT2D eigenvalue weighted by Crippen LogP contribution is -2.49. The van der Waals surface area contributed by atoms with Crippen LogP contribution in [0, 0.1) is 6.92 Å². The first-order valence-corrected chi connectivity index (χ1v) is 8.58. The lowest BCUT2D eigenvalue weighted by molar-refractivity contribution is -0.132. The van der Waals surface area contributed by atoms with E-state index in [4.69, 9.17) is 0 Å². The van der Waals surface area contributed by atoms with Gasteiger partial charge in [-0.1, -0.05) is 0 Å². The number of rotatable bonds is 4. The molecule has 2 saturated heterocycles.